The lowest BCUT2D eigenvalue weighted by molar-refractivity contribution is -0.147. The van der Waals surface area contributed by atoms with E-state index < -0.39 is 0 Å². The van der Waals surface area contributed by atoms with Crippen molar-refractivity contribution in [3.8, 4) is 0 Å². The monoisotopic (exact) mass is 248 g/mol. The predicted molar refractivity (Wildman–Crippen MR) is 71.6 cm³/mol. The summed E-state index contributed by atoms with van der Waals surface area (Å²) in [5.41, 5.74) is 3.60. The van der Waals surface area contributed by atoms with Crippen molar-refractivity contribution in [2.24, 2.45) is 11.8 Å². The van der Waals surface area contributed by atoms with Gasteiger partial charge in [-0.3, -0.25) is 15.0 Å². The fraction of sp³-hybridized carbons (Fsp3) is 0.429. The van der Waals surface area contributed by atoms with Crippen molar-refractivity contribution in [3.05, 3.63) is 30.3 Å². The van der Waals surface area contributed by atoms with E-state index in [0.29, 0.717) is 0 Å². The van der Waals surface area contributed by atoms with Crippen LogP contribution in [0.2, 0.25) is 0 Å². The first kappa shape index (κ1) is 14.2. The van der Waals surface area contributed by atoms with Crippen LogP contribution in [0.1, 0.15) is 27.7 Å². The van der Waals surface area contributed by atoms with E-state index in [2.05, 4.69) is 5.43 Å². The Morgan fingerprint density at radius 2 is 1.39 bits per heavy atom. The number of imide groups is 1. The highest BCUT2D eigenvalue weighted by atomic mass is 16.2. The molecule has 1 rings (SSSR count). The number of hydrogen-bond donors (Lipinski definition) is 1. The minimum atomic E-state index is -0.232. The molecule has 1 aromatic carbocycles. The van der Waals surface area contributed by atoms with Crippen molar-refractivity contribution in [1.29, 1.82) is 0 Å². The zero-order valence-corrected chi connectivity index (χ0v) is 11.3. The van der Waals surface area contributed by atoms with Crippen LogP contribution in [0, 0.1) is 11.8 Å². The molecule has 0 radical (unpaired) electrons. The molecule has 0 heterocycles. The summed E-state index contributed by atoms with van der Waals surface area (Å²) in [5, 5.41) is 1.12. The molecule has 0 fully saturated rings. The molecular formula is C14H20N2O2. The van der Waals surface area contributed by atoms with Gasteiger partial charge in [-0.25, -0.2) is 0 Å². The van der Waals surface area contributed by atoms with Gasteiger partial charge in [0.25, 0.3) is 11.8 Å². The summed E-state index contributed by atoms with van der Waals surface area (Å²) in [6, 6.07) is 9.20. The lowest BCUT2D eigenvalue weighted by atomic mass is 10.1. The van der Waals surface area contributed by atoms with E-state index in [1.54, 1.807) is 27.7 Å². The molecule has 4 nitrogen and oxygen atoms in total. The van der Waals surface area contributed by atoms with E-state index in [9.17, 15) is 9.59 Å². The molecule has 0 unspecified atom stereocenters. The minimum Gasteiger partial charge on any atom is -0.289 e. The molecule has 0 atom stereocenters. The summed E-state index contributed by atoms with van der Waals surface area (Å²) in [5.74, 6) is -0.914. The van der Waals surface area contributed by atoms with Crippen molar-refractivity contribution in [2.45, 2.75) is 27.7 Å². The first-order chi connectivity index (χ1) is 8.43. The normalized spacial score (nSPS) is 10.6. The third-order valence-electron chi connectivity index (χ3n) is 2.44. The number of nitrogens with one attached hydrogen (secondary N) is 1. The Kier molecular flexibility index (Phi) is 4.89. The highest BCUT2D eigenvalue weighted by Gasteiger charge is 2.26. The number of hydrogen-bond acceptors (Lipinski definition) is 3. The molecule has 4 heteroatoms. The van der Waals surface area contributed by atoms with E-state index in [-0.39, 0.29) is 23.7 Å². The van der Waals surface area contributed by atoms with Gasteiger partial charge in [-0.2, -0.15) is 5.01 Å². The van der Waals surface area contributed by atoms with E-state index in [4.69, 9.17) is 0 Å². The van der Waals surface area contributed by atoms with Crippen LogP contribution < -0.4 is 5.43 Å². The summed E-state index contributed by atoms with van der Waals surface area (Å²) in [4.78, 5) is 24.1. The molecule has 0 aliphatic carbocycles. The van der Waals surface area contributed by atoms with Gasteiger partial charge in [0.05, 0.1) is 5.69 Å². The molecule has 1 aromatic rings. The lowest BCUT2D eigenvalue weighted by Gasteiger charge is -2.25. The molecule has 0 aromatic heterocycles. The maximum Gasteiger partial charge on any atom is 0.250 e. The van der Waals surface area contributed by atoms with Gasteiger partial charge in [0.1, 0.15) is 0 Å². The SMILES string of the molecule is CC(C)C(=O)N(Nc1ccccc1)C(=O)C(C)C. The molecule has 0 bridgehead atoms. The average molecular weight is 248 g/mol. The number of rotatable bonds is 4. The number of para-hydroxylation sites is 1. The predicted octanol–water partition coefficient (Wildman–Crippen LogP) is 2.68. The molecule has 0 saturated carbocycles. The molecule has 2 amide bonds. The van der Waals surface area contributed by atoms with Crippen molar-refractivity contribution in [1.82, 2.24) is 5.01 Å². The van der Waals surface area contributed by atoms with Gasteiger partial charge in [-0.05, 0) is 12.1 Å². The second kappa shape index (κ2) is 6.19. The van der Waals surface area contributed by atoms with E-state index in [1.807, 2.05) is 30.3 Å². The van der Waals surface area contributed by atoms with Gasteiger partial charge in [0.2, 0.25) is 0 Å². The number of hydrazine groups is 1. The first-order valence-electron chi connectivity index (χ1n) is 6.13. The summed E-state index contributed by atoms with van der Waals surface area (Å²) < 4.78 is 0. The number of amides is 2. The van der Waals surface area contributed by atoms with Crippen molar-refractivity contribution in [2.75, 3.05) is 5.43 Å². The number of benzene rings is 1. The zero-order chi connectivity index (χ0) is 13.7. The van der Waals surface area contributed by atoms with Crippen molar-refractivity contribution in [3.63, 3.8) is 0 Å². The Morgan fingerprint density at radius 3 is 1.78 bits per heavy atom. The van der Waals surface area contributed by atoms with Crippen LogP contribution in [-0.4, -0.2) is 16.8 Å². The Labute approximate surface area is 108 Å². The quantitative estimate of drug-likeness (QED) is 0.833. The van der Waals surface area contributed by atoms with Crippen LogP contribution in [0.3, 0.4) is 0 Å². The molecular weight excluding hydrogens is 228 g/mol. The first-order valence-corrected chi connectivity index (χ1v) is 6.13. The van der Waals surface area contributed by atoms with Crippen LogP contribution in [-0.2, 0) is 9.59 Å². The van der Waals surface area contributed by atoms with Gasteiger partial charge < -0.3 is 0 Å². The Hall–Kier alpha value is -1.84. The van der Waals surface area contributed by atoms with Crippen LogP contribution >= 0.6 is 0 Å². The highest BCUT2D eigenvalue weighted by Crippen LogP contribution is 2.12. The van der Waals surface area contributed by atoms with Gasteiger partial charge in [-0.1, -0.05) is 45.9 Å². The molecule has 98 valence electrons. The number of carbonyl (C=O) groups excluding carboxylic acids is 2. The van der Waals surface area contributed by atoms with E-state index >= 15 is 0 Å². The third kappa shape index (κ3) is 3.58. The summed E-state index contributed by atoms with van der Waals surface area (Å²) in [7, 11) is 0. The molecule has 1 N–H and O–H groups in total. The summed E-state index contributed by atoms with van der Waals surface area (Å²) >= 11 is 0. The smallest absolute Gasteiger partial charge is 0.250 e. The maximum absolute atomic E-state index is 12.0. The number of nitrogens with zero attached hydrogens (tertiary/aromatic N) is 1. The fourth-order valence-corrected chi connectivity index (χ4v) is 1.38. The second-order valence-corrected chi connectivity index (χ2v) is 4.80. The molecule has 0 spiro atoms. The molecule has 0 saturated heterocycles. The average Bonchev–Trinajstić information content (AvgIpc) is 2.35. The van der Waals surface area contributed by atoms with Crippen LogP contribution in [0.4, 0.5) is 5.69 Å². The maximum atomic E-state index is 12.0. The molecule has 18 heavy (non-hydrogen) atoms. The third-order valence-corrected chi connectivity index (χ3v) is 2.44. The highest BCUT2D eigenvalue weighted by molar-refractivity contribution is 5.98. The van der Waals surface area contributed by atoms with Gasteiger partial charge in [-0.15, -0.1) is 0 Å². The van der Waals surface area contributed by atoms with Gasteiger partial charge in [0, 0.05) is 11.8 Å². The van der Waals surface area contributed by atoms with Crippen LogP contribution in [0.25, 0.3) is 0 Å². The van der Waals surface area contributed by atoms with Gasteiger partial charge >= 0.3 is 0 Å². The largest absolute Gasteiger partial charge is 0.289 e. The Morgan fingerprint density at radius 1 is 0.944 bits per heavy atom. The standard InChI is InChI=1S/C14H20N2O2/c1-10(2)13(17)16(14(18)11(3)4)15-12-8-6-5-7-9-12/h5-11,15H,1-4H3. The summed E-state index contributed by atoms with van der Waals surface area (Å²) in [6.07, 6.45) is 0. The van der Waals surface area contributed by atoms with E-state index in [0.717, 1.165) is 10.7 Å². The topological polar surface area (TPSA) is 49.4 Å². The molecule has 0 aliphatic rings. The Balaban J connectivity index is 2.92. The number of carbonyl (C=O) groups is 2. The van der Waals surface area contributed by atoms with Crippen LogP contribution in [0.5, 0.6) is 0 Å². The van der Waals surface area contributed by atoms with Crippen molar-refractivity contribution < 1.29 is 9.59 Å². The fourth-order valence-electron chi connectivity index (χ4n) is 1.38. The van der Waals surface area contributed by atoms with Crippen LogP contribution in [0.15, 0.2) is 30.3 Å². The van der Waals surface area contributed by atoms with Crippen molar-refractivity contribution >= 4 is 17.5 Å². The zero-order valence-electron chi connectivity index (χ0n) is 11.3. The molecule has 0 aliphatic heterocycles. The second-order valence-electron chi connectivity index (χ2n) is 4.80. The van der Waals surface area contributed by atoms with Gasteiger partial charge in [0.15, 0.2) is 0 Å². The lowest BCUT2D eigenvalue weighted by Crippen LogP contribution is -2.45. The Bertz CT molecular complexity index is 393. The number of anilines is 1. The van der Waals surface area contributed by atoms with E-state index in [1.165, 1.54) is 0 Å². The minimum absolute atomic E-state index is 0.224. The summed E-state index contributed by atoms with van der Waals surface area (Å²) in [6.45, 7) is 7.09.